The first-order valence-corrected chi connectivity index (χ1v) is 17.8. The number of hydrogen-bond donors (Lipinski definition) is 5. The maximum atomic E-state index is 13.9. The number of aliphatic hydroxyl groups is 4. The van der Waals surface area contributed by atoms with Gasteiger partial charge in [0, 0.05) is 37.8 Å². The summed E-state index contributed by atoms with van der Waals surface area (Å²) in [6, 6.07) is 18.8. The molecule has 0 amide bonds. The Balaban J connectivity index is 1.32. The summed E-state index contributed by atoms with van der Waals surface area (Å²) in [5.74, 6) is -0.500. The zero-order chi connectivity index (χ0) is 37.3. The van der Waals surface area contributed by atoms with Crippen molar-refractivity contribution in [2.75, 3.05) is 46.1 Å². The van der Waals surface area contributed by atoms with Crippen molar-refractivity contribution in [2.24, 2.45) is 0 Å². The third kappa shape index (κ3) is 9.78. The lowest BCUT2D eigenvalue weighted by Gasteiger charge is -2.29. The topological polar surface area (TPSA) is 124 Å². The van der Waals surface area contributed by atoms with Crippen molar-refractivity contribution in [1.82, 2.24) is 10.2 Å². The van der Waals surface area contributed by atoms with E-state index in [4.69, 9.17) is 25.8 Å². The van der Waals surface area contributed by atoms with Crippen LogP contribution in [0.4, 0.5) is 8.78 Å². The van der Waals surface area contributed by atoms with Crippen molar-refractivity contribution >= 4 is 11.6 Å². The van der Waals surface area contributed by atoms with Gasteiger partial charge in [0.05, 0.1) is 43.1 Å². The fourth-order valence-electron chi connectivity index (χ4n) is 6.19. The minimum Gasteiger partial charge on any atom is -0.493 e. The number of likely N-dealkylation sites (tertiary alicyclic amines) is 1. The number of ether oxygens (including phenoxy) is 3. The molecule has 0 aromatic heterocycles. The molecule has 280 valence electrons. The van der Waals surface area contributed by atoms with Crippen molar-refractivity contribution in [2.45, 2.75) is 58.1 Å². The molecule has 5 rings (SSSR count). The number of halogens is 3. The van der Waals surface area contributed by atoms with Gasteiger partial charge in [0.2, 0.25) is 0 Å². The van der Waals surface area contributed by atoms with E-state index in [9.17, 15) is 29.2 Å². The van der Waals surface area contributed by atoms with Crippen LogP contribution in [0.15, 0.2) is 66.7 Å². The molecule has 0 spiro atoms. The van der Waals surface area contributed by atoms with E-state index in [2.05, 4.69) is 22.3 Å². The summed E-state index contributed by atoms with van der Waals surface area (Å²) in [6.45, 7) is 5.74. The van der Waals surface area contributed by atoms with Crippen LogP contribution in [-0.2, 0) is 19.8 Å². The lowest BCUT2D eigenvalue weighted by molar-refractivity contribution is 0.0412. The van der Waals surface area contributed by atoms with Gasteiger partial charge in [0.25, 0.3) is 0 Å². The van der Waals surface area contributed by atoms with Crippen LogP contribution in [0.5, 0.6) is 17.2 Å². The smallest absolute Gasteiger partial charge is 0.159 e. The molecule has 4 aromatic rings. The van der Waals surface area contributed by atoms with Crippen LogP contribution < -0.4 is 19.5 Å². The summed E-state index contributed by atoms with van der Waals surface area (Å²) in [4.78, 5) is 2.26. The standard InChI is InChI=1S/C40H47ClF2N2O7/c1-26-29(6-3-7-32(26)33-8-4-9-37(27(33)2)50-15-5-13-45-14-12-31(49)20-45)22-52-39-18-38(51-21-28-10-11-35(42)36(43)16-28)30(17-34(39)41)19-44-40(23-46,24-47)25-48/h3-4,6-11,16-18,31,44,46-49H,5,12-15,19-25H2,1-2H3. The molecule has 0 saturated carbocycles. The highest BCUT2D eigenvalue weighted by Gasteiger charge is 2.28. The fraction of sp³-hybridized carbons (Fsp3) is 0.400. The van der Waals surface area contributed by atoms with Gasteiger partial charge in [-0.1, -0.05) is 48.0 Å². The third-order valence-corrected chi connectivity index (χ3v) is 9.88. The first-order valence-electron chi connectivity index (χ1n) is 17.4. The maximum Gasteiger partial charge on any atom is 0.159 e. The van der Waals surface area contributed by atoms with Gasteiger partial charge in [0.15, 0.2) is 11.6 Å². The van der Waals surface area contributed by atoms with E-state index >= 15 is 0 Å². The third-order valence-electron chi connectivity index (χ3n) is 9.58. The predicted octanol–water partition coefficient (Wildman–Crippen LogP) is 5.70. The van der Waals surface area contributed by atoms with Crippen LogP contribution in [0.25, 0.3) is 11.1 Å². The summed E-state index contributed by atoms with van der Waals surface area (Å²) in [5.41, 5.74) is 4.63. The molecule has 0 radical (unpaired) electrons. The van der Waals surface area contributed by atoms with Crippen LogP contribution in [0.2, 0.25) is 5.02 Å². The van der Waals surface area contributed by atoms with E-state index in [0.717, 1.165) is 78.2 Å². The van der Waals surface area contributed by atoms with Crippen LogP contribution in [0.1, 0.15) is 40.7 Å². The molecule has 1 fully saturated rings. The zero-order valence-corrected chi connectivity index (χ0v) is 30.3. The molecular weight excluding hydrogens is 694 g/mol. The van der Waals surface area contributed by atoms with Crippen LogP contribution in [-0.4, -0.2) is 83.0 Å². The Kier molecular flexibility index (Phi) is 13.9. The minimum absolute atomic E-state index is 0.0423. The number of β-amino-alcohol motifs (C(OH)–C–C–N with tert-alkyl or cyclic N) is 1. The molecule has 1 atom stereocenters. The summed E-state index contributed by atoms with van der Waals surface area (Å²) in [5, 5.41) is 42.4. The number of rotatable bonds is 18. The molecule has 4 aromatic carbocycles. The second-order valence-electron chi connectivity index (χ2n) is 13.3. The predicted molar refractivity (Wildman–Crippen MR) is 196 cm³/mol. The lowest BCUT2D eigenvalue weighted by Crippen LogP contribution is -2.54. The van der Waals surface area contributed by atoms with E-state index in [0.29, 0.717) is 29.2 Å². The molecule has 0 bridgehead atoms. The van der Waals surface area contributed by atoms with E-state index in [1.54, 1.807) is 12.1 Å². The average molecular weight is 741 g/mol. The largest absolute Gasteiger partial charge is 0.493 e. The Hall–Kier alpha value is -3.81. The number of benzene rings is 4. The van der Waals surface area contributed by atoms with Gasteiger partial charge < -0.3 is 44.9 Å². The van der Waals surface area contributed by atoms with Gasteiger partial charge in [-0.25, -0.2) is 8.78 Å². The molecule has 1 saturated heterocycles. The molecule has 1 aliphatic rings. The number of nitrogens with zero attached hydrogens (tertiary/aromatic N) is 1. The summed E-state index contributed by atoms with van der Waals surface area (Å²) in [6.07, 6.45) is 1.47. The molecule has 5 N–H and O–H groups in total. The molecule has 12 heteroatoms. The molecule has 1 aliphatic heterocycles. The molecule has 1 heterocycles. The van der Waals surface area contributed by atoms with E-state index in [1.165, 1.54) is 6.07 Å². The normalized spacial score (nSPS) is 14.9. The highest BCUT2D eigenvalue weighted by Crippen LogP contribution is 2.36. The Morgan fingerprint density at radius 2 is 1.52 bits per heavy atom. The maximum absolute atomic E-state index is 13.9. The molecule has 1 unspecified atom stereocenters. The quantitative estimate of drug-likeness (QED) is 0.0818. The fourth-order valence-corrected chi connectivity index (χ4v) is 6.43. The Morgan fingerprint density at radius 1 is 0.808 bits per heavy atom. The van der Waals surface area contributed by atoms with E-state index < -0.39 is 37.0 Å². The molecule has 0 aliphatic carbocycles. The van der Waals surface area contributed by atoms with Crippen LogP contribution >= 0.6 is 11.6 Å². The highest BCUT2D eigenvalue weighted by atomic mass is 35.5. The van der Waals surface area contributed by atoms with Gasteiger partial charge in [-0.05, 0) is 84.3 Å². The van der Waals surface area contributed by atoms with Gasteiger partial charge in [-0.2, -0.15) is 0 Å². The first kappa shape index (κ1) is 39.4. The second-order valence-corrected chi connectivity index (χ2v) is 13.7. The lowest BCUT2D eigenvalue weighted by atomic mass is 9.93. The van der Waals surface area contributed by atoms with Gasteiger partial charge in [-0.15, -0.1) is 0 Å². The van der Waals surface area contributed by atoms with Crippen LogP contribution in [0.3, 0.4) is 0 Å². The van der Waals surface area contributed by atoms with Gasteiger partial charge >= 0.3 is 0 Å². The molecule has 52 heavy (non-hydrogen) atoms. The highest BCUT2D eigenvalue weighted by molar-refractivity contribution is 6.32. The summed E-state index contributed by atoms with van der Waals surface area (Å²) in [7, 11) is 0. The summed E-state index contributed by atoms with van der Waals surface area (Å²) >= 11 is 6.70. The number of hydrogen-bond acceptors (Lipinski definition) is 9. The van der Waals surface area contributed by atoms with Crippen molar-refractivity contribution < 1.29 is 43.4 Å². The van der Waals surface area contributed by atoms with Gasteiger partial charge in [-0.3, -0.25) is 0 Å². The van der Waals surface area contributed by atoms with Crippen LogP contribution in [0, 0.1) is 25.5 Å². The average Bonchev–Trinajstić information content (AvgIpc) is 3.57. The summed E-state index contributed by atoms with van der Waals surface area (Å²) < 4.78 is 45.9. The van der Waals surface area contributed by atoms with E-state index in [1.807, 2.05) is 38.1 Å². The van der Waals surface area contributed by atoms with Gasteiger partial charge in [0.1, 0.15) is 30.5 Å². The second kappa shape index (κ2) is 18.3. The molecule has 9 nitrogen and oxygen atoms in total. The van der Waals surface area contributed by atoms with E-state index in [-0.39, 0.29) is 30.9 Å². The van der Waals surface area contributed by atoms with Crippen molar-refractivity contribution in [3.05, 3.63) is 111 Å². The van der Waals surface area contributed by atoms with Crippen molar-refractivity contribution in [3.8, 4) is 28.4 Å². The SMILES string of the molecule is Cc1c(COc2cc(OCc3ccc(F)c(F)c3)c(CNC(CO)(CO)CO)cc2Cl)cccc1-c1cccc(OCCCN2CCC(O)C2)c1C. The number of nitrogens with one attached hydrogen (secondary N) is 1. The zero-order valence-electron chi connectivity index (χ0n) is 29.5. The number of aliphatic hydroxyl groups excluding tert-OH is 4. The Morgan fingerprint density at radius 3 is 2.21 bits per heavy atom. The minimum atomic E-state index is -1.36. The monoisotopic (exact) mass is 740 g/mol. The van der Waals surface area contributed by atoms with Crippen molar-refractivity contribution in [3.63, 3.8) is 0 Å². The Labute approximate surface area is 308 Å². The van der Waals surface area contributed by atoms with Crippen molar-refractivity contribution in [1.29, 1.82) is 0 Å². The first-order chi connectivity index (χ1) is 25.1. The molecular formula is C40H47ClF2N2O7. The Bertz CT molecular complexity index is 1800.